The third-order valence-electron chi connectivity index (χ3n) is 5.22. The summed E-state index contributed by atoms with van der Waals surface area (Å²) in [6, 6.07) is 9.07. The summed E-state index contributed by atoms with van der Waals surface area (Å²) in [5, 5.41) is 69.7. The van der Waals surface area contributed by atoms with Gasteiger partial charge < -0.3 is 54.7 Å². The predicted octanol–water partition coefficient (Wildman–Crippen LogP) is -3.17. The van der Waals surface area contributed by atoms with E-state index in [9.17, 15) is 35.7 Å². The molecule has 0 spiro atoms. The van der Waals surface area contributed by atoms with E-state index in [4.69, 9.17) is 18.9 Å². The summed E-state index contributed by atoms with van der Waals surface area (Å²) >= 11 is 0. The molecular weight excluding hydrogens is 404 g/mol. The summed E-state index contributed by atoms with van der Waals surface area (Å²) in [5.74, 6) is 0. The van der Waals surface area contributed by atoms with Crippen LogP contribution < -0.4 is 0 Å². The Kier molecular flexibility index (Phi) is 8.12. The van der Waals surface area contributed by atoms with E-state index in [1.54, 1.807) is 12.1 Å². The molecule has 0 unspecified atom stereocenters. The topological polar surface area (TPSA) is 179 Å². The fourth-order valence-corrected chi connectivity index (χ4v) is 3.45. The van der Waals surface area contributed by atoms with E-state index in [0.29, 0.717) is 0 Å². The van der Waals surface area contributed by atoms with Gasteiger partial charge in [0.15, 0.2) is 12.6 Å². The van der Waals surface area contributed by atoms with Crippen molar-refractivity contribution in [2.45, 2.75) is 68.0 Å². The number of aliphatic hydroxyl groups excluding tert-OH is 7. The molecule has 10 atom stereocenters. The van der Waals surface area contributed by atoms with Crippen molar-refractivity contribution >= 4 is 0 Å². The quantitative estimate of drug-likeness (QED) is 0.231. The van der Waals surface area contributed by atoms with Crippen LogP contribution >= 0.6 is 0 Å². The predicted molar refractivity (Wildman–Crippen MR) is 97.6 cm³/mol. The number of ether oxygens (including phenoxy) is 4. The van der Waals surface area contributed by atoms with E-state index in [-0.39, 0.29) is 6.61 Å². The lowest BCUT2D eigenvalue weighted by molar-refractivity contribution is -0.360. The maximum Gasteiger partial charge on any atom is 0.187 e. The van der Waals surface area contributed by atoms with E-state index < -0.39 is 74.6 Å². The highest BCUT2D eigenvalue weighted by Crippen LogP contribution is 2.29. The summed E-state index contributed by atoms with van der Waals surface area (Å²) < 4.78 is 21.8. The molecule has 30 heavy (non-hydrogen) atoms. The van der Waals surface area contributed by atoms with Gasteiger partial charge in [-0.3, -0.25) is 0 Å². The van der Waals surface area contributed by atoms with Crippen LogP contribution in [0.3, 0.4) is 0 Å². The van der Waals surface area contributed by atoms with Crippen LogP contribution in [0.25, 0.3) is 0 Å². The molecule has 2 saturated heterocycles. The van der Waals surface area contributed by atoms with Gasteiger partial charge >= 0.3 is 0 Å². The minimum Gasteiger partial charge on any atom is -0.394 e. The lowest BCUT2D eigenvalue weighted by atomic mass is 9.97. The standard InChI is InChI=1S/C19H28O11/c20-6-10-12(22)13(23)15(25)19(28-10)30-17-11(7-21)29-18(16(26)14(17)24)27-8-9-4-2-1-3-5-9/h1-5,10-26H,6-8H2/t10-,11-,12-,13-,14+,15+,16+,17+,18+,19-/m0/s1. The summed E-state index contributed by atoms with van der Waals surface area (Å²) in [6.07, 6.45) is -14.7. The second-order valence-electron chi connectivity index (χ2n) is 7.30. The normalized spacial score (nSPS) is 42.2. The average molecular weight is 432 g/mol. The van der Waals surface area contributed by atoms with Gasteiger partial charge in [-0.2, -0.15) is 0 Å². The summed E-state index contributed by atoms with van der Waals surface area (Å²) in [4.78, 5) is 0. The third-order valence-corrected chi connectivity index (χ3v) is 5.22. The van der Waals surface area contributed by atoms with Crippen molar-refractivity contribution in [2.75, 3.05) is 13.2 Å². The van der Waals surface area contributed by atoms with Crippen molar-refractivity contribution < 1.29 is 54.7 Å². The van der Waals surface area contributed by atoms with Crippen LogP contribution in [-0.4, -0.2) is 110 Å². The highest BCUT2D eigenvalue weighted by Gasteiger charge is 2.50. The van der Waals surface area contributed by atoms with Crippen LogP contribution in [-0.2, 0) is 25.6 Å². The molecule has 0 radical (unpaired) electrons. The zero-order chi connectivity index (χ0) is 21.8. The maximum atomic E-state index is 10.5. The Bertz CT molecular complexity index is 643. The van der Waals surface area contributed by atoms with Crippen LogP contribution in [0.15, 0.2) is 30.3 Å². The molecule has 170 valence electrons. The minimum atomic E-state index is -1.71. The van der Waals surface area contributed by atoms with Crippen molar-refractivity contribution in [1.29, 1.82) is 0 Å². The van der Waals surface area contributed by atoms with Crippen molar-refractivity contribution in [3.63, 3.8) is 0 Å². The molecule has 0 aromatic heterocycles. The van der Waals surface area contributed by atoms with E-state index in [0.717, 1.165) is 5.56 Å². The fourth-order valence-electron chi connectivity index (χ4n) is 3.45. The van der Waals surface area contributed by atoms with Crippen molar-refractivity contribution in [3.8, 4) is 0 Å². The Hall–Kier alpha value is -1.22. The van der Waals surface area contributed by atoms with Gasteiger partial charge in [-0.1, -0.05) is 30.3 Å². The van der Waals surface area contributed by atoms with Crippen molar-refractivity contribution in [1.82, 2.24) is 0 Å². The monoisotopic (exact) mass is 432 g/mol. The van der Waals surface area contributed by atoms with Gasteiger partial charge in [-0.05, 0) is 5.56 Å². The first-order valence-electron chi connectivity index (χ1n) is 9.61. The lowest BCUT2D eigenvalue weighted by Crippen LogP contribution is -2.64. The smallest absolute Gasteiger partial charge is 0.187 e. The molecule has 11 nitrogen and oxygen atoms in total. The Morgan fingerprint density at radius 1 is 0.700 bits per heavy atom. The van der Waals surface area contributed by atoms with Gasteiger partial charge in [0.05, 0.1) is 19.8 Å². The second kappa shape index (κ2) is 10.4. The lowest BCUT2D eigenvalue weighted by Gasteiger charge is -2.45. The number of aliphatic hydroxyl groups is 7. The molecule has 11 heteroatoms. The second-order valence-corrected chi connectivity index (χ2v) is 7.30. The highest BCUT2D eigenvalue weighted by molar-refractivity contribution is 5.13. The Morgan fingerprint density at radius 2 is 1.30 bits per heavy atom. The first-order valence-corrected chi connectivity index (χ1v) is 9.61. The van der Waals surface area contributed by atoms with Gasteiger partial charge in [0, 0.05) is 0 Å². The maximum absolute atomic E-state index is 10.5. The molecule has 0 aliphatic carbocycles. The Morgan fingerprint density at radius 3 is 1.93 bits per heavy atom. The average Bonchev–Trinajstić information content (AvgIpc) is 2.77. The number of rotatable bonds is 7. The molecule has 0 bridgehead atoms. The third kappa shape index (κ3) is 4.98. The largest absolute Gasteiger partial charge is 0.394 e. The van der Waals surface area contributed by atoms with Gasteiger partial charge in [-0.15, -0.1) is 0 Å². The molecular formula is C19H28O11. The van der Waals surface area contributed by atoms with Crippen LogP contribution in [0, 0.1) is 0 Å². The van der Waals surface area contributed by atoms with Crippen LogP contribution in [0.4, 0.5) is 0 Å². The highest BCUT2D eigenvalue weighted by atomic mass is 16.7. The van der Waals surface area contributed by atoms with E-state index in [2.05, 4.69) is 0 Å². The van der Waals surface area contributed by atoms with E-state index in [1.807, 2.05) is 18.2 Å². The molecule has 3 rings (SSSR count). The van der Waals surface area contributed by atoms with E-state index in [1.165, 1.54) is 0 Å². The number of hydrogen-bond donors (Lipinski definition) is 7. The summed E-state index contributed by atoms with van der Waals surface area (Å²) in [7, 11) is 0. The molecule has 1 aromatic rings. The van der Waals surface area contributed by atoms with Crippen molar-refractivity contribution in [3.05, 3.63) is 35.9 Å². The molecule has 0 amide bonds. The Balaban J connectivity index is 1.66. The summed E-state index contributed by atoms with van der Waals surface area (Å²) in [5.41, 5.74) is 0.808. The van der Waals surface area contributed by atoms with Crippen LogP contribution in [0.5, 0.6) is 0 Å². The number of hydrogen-bond acceptors (Lipinski definition) is 11. The number of benzene rings is 1. The van der Waals surface area contributed by atoms with E-state index >= 15 is 0 Å². The first-order chi connectivity index (χ1) is 14.4. The van der Waals surface area contributed by atoms with Gasteiger partial charge in [0.1, 0.15) is 48.8 Å². The first kappa shape index (κ1) is 23.4. The molecule has 2 fully saturated rings. The van der Waals surface area contributed by atoms with Crippen molar-refractivity contribution in [2.24, 2.45) is 0 Å². The van der Waals surface area contributed by atoms with Crippen LogP contribution in [0.2, 0.25) is 0 Å². The Labute approximate surface area is 172 Å². The SMILES string of the molecule is OC[C@@H]1O[C@@H](O[C@H]2[C@H](O)[C@@H](O)[C@H](OCc3ccccc3)O[C@H]2CO)[C@H](O)[C@@H](O)[C@H]1O. The summed E-state index contributed by atoms with van der Waals surface area (Å²) in [6.45, 7) is -1.18. The minimum absolute atomic E-state index is 0.0890. The molecule has 0 saturated carbocycles. The molecule has 1 aromatic carbocycles. The molecule has 2 aliphatic rings. The van der Waals surface area contributed by atoms with Crippen LogP contribution in [0.1, 0.15) is 5.56 Å². The molecule has 2 heterocycles. The zero-order valence-corrected chi connectivity index (χ0v) is 16.0. The van der Waals surface area contributed by atoms with Gasteiger partial charge in [0.2, 0.25) is 0 Å². The fraction of sp³-hybridized carbons (Fsp3) is 0.684. The molecule has 2 aliphatic heterocycles. The van der Waals surface area contributed by atoms with Gasteiger partial charge in [-0.25, -0.2) is 0 Å². The van der Waals surface area contributed by atoms with Gasteiger partial charge in [0.25, 0.3) is 0 Å². The molecule has 7 N–H and O–H groups in total. The zero-order valence-electron chi connectivity index (χ0n) is 16.0.